The smallest absolute Gasteiger partial charge is 0.149 e. The molecule has 0 aromatic carbocycles. The number of hydrogen-bond donors (Lipinski definition) is 0. The van der Waals surface area contributed by atoms with Crippen LogP contribution in [0.25, 0.3) is 0 Å². The molecular weight excluding hydrogens is 212 g/mol. The molecule has 0 fully saturated rings. The third-order valence-corrected chi connectivity index (χ3v) is 2.79. The number of halogens is 1. The number of imidazole rings is 1. The normalized spacial score (nSPS) is 11.8. The van der Waals surface area contributed by atoms with Crippen LogP contribution in [0.3, 0.4) is 0 Å². The second-order valence-corrected chi connectivity index (χ2v) is 5.33. The largest absolute Gasteiger partial charge is 0.333 e. The maximum atomic E-state index is 10.9. The maximum Gasteiger partial charge on any atom is 0.149 e. The zero-order valence-corrected chi connectivity index (χ0v) is 8.85. The van der Waals surface area contributed by atoms with Gasteiger partial charge >= 0.3 is 0 Å². The first-order chi connectivity index (χ1) is 6.03. The molecule has 0 aliphatic rings. The molecular formula is C7H11ClN2O2S. The van der Waals surface area contributed by atoms with E-state index >= 15 is 0 Å². The van der Waals surface area contributed by atoms with Gasteiger partial charge in [-0.1, -0.05) is 0 Å². The van der Waals surface area contributed by atoms with Crippen LogP contribution in [0.2, 0.25) is 0 Å². The van der Waals surface area contributed by atoms with E-state index in [1.54, 1.807) is 17.0 Å². The molecule has 0 radical (unpaired) electrons. The van der Waals surface area contributed by atoms with Crippen LogP contribution < -0.4 is 0 Å². The Morgan fingerprint density at radius 3 is 2.85 bits per heavy atom. The summed E-state index contributed by atoms with van der Waals surface area (Å²) in [4.78, 5) is 3.97. The van der Waals surface area contributed by atoms with Crippen LogP contribution in [0.15, 0.2) is 12.4 Å². The molecule has 1 heterocycles. The molecule has 0 atom stereocenters. The molecule has 4 nitrogen and oxygen atoms in total. The predicted octanol–water partition coefficient (Wildman–Crippen LogP) is 0.666. The molecule has 0 spiro atoms. The number of aromatic nitrogens is 2. The Balaban J connectivity index is 2.64. The van der Waals surface area contributed by atoms with Crippen molar-refractivity contribution in [1.82, 2.24) is 9.55 Å². The SMILES string of the molecule is CS(=O)(=O)CCn1ccnc1CCl. The highest BCUT2D eigenvalue weighted by Crippen LogP contribution is 2.01. The van der Waals surface area contributed by atoms with Gasteiger partial charge in [0.2, 0.25) is 0 Å². The minimum Gasteiger partial charge on any atom is -0.333 e. The number of alkyl halides is 1. The van der Waals surface area contributed by atoms with Gasteiger partial charge in [0.05, 0.1) is 11.6 Å². The van der Waals surface area contributed by atoms with Gasteiger partial charge in [0.15, 0.2) is 0 Å². The topological polar surface area (TPSA) is 52.0 Å². The van der Waals surface area contributed by atoms with Crippen molar-refractivity contribution in [3.05, 3.63) is 18.2 Å². The number of hydrogen-bond acceptors (Lipinski definition) is 3. The fraction of sp³-hybridized carbons (Fsp3) is 0.571. The fourth-order valence-electron chi connectivity index (χ4n) is 0.939. The van der Waals surface area contributed by atoms with Gasteiger partial charge in [-0.2, -0.15) is 0 Å². The van der Waals surface area contributed by atoms with Gasteiger partial charge in [-0.05, 0) is 0 Å². The minimum atomic E-state index is -2.92. The zero-order chi connectivity index (χ0) is 9.90. The second kappa shape index (κ2) is 4.11. The summed E-state index contributed by atoms with van der Waals surface area (Å²) in [5.74, 6) is 1.12. The number of sulfone groups is 1. The molecule has 0 saturated carbocycles. The molecule has 0 bridgehead atoms. The summed E-state index contributed by atoms with van der Waals surface area (Å²) in [5.41, 5.74) is 0. The number of nitrogens with zero attached hydrogens (tertiary/aromatic N) is 2. The Bertz CT molecular complexity index is 372. The first-order valence-corrected chi connectivity index (χ1v) is 6.36. The van der Waals surface area contributed by atoms with E-state index < -0.39 is 9.84 Å². The summed E-state index contributed by atoms with van der Waals surface area (Å²) in [6.45, 7) is 0.418. The lowest BCUT2D eigenvalue weighted by Gasteiger charge is -2.03. The summed E-state index contributed by atoms with van der Waals surface area (Å²) in [6, 6.07) is 0. The predicted molar refractivity (Wildman–Crippen MR) is 51.5 cm³/mol. The lowest BCUT2D eigenvalue weighted by Crippen LogP contribution is -2.12. The third-order valence-electron chi connectivity index (χ3n) is 1.62. The van der Waals surface area contributed by atoms with Gasteiger partial charge in [0, 0.05) is 25.2 Å². The van der Waals surface area contributed by atoms with Crippen molar-refractivity contribution in [3.63, 3.8) is 0 Å². The van der Waals surface area contributed by atoms with Crippen molar-refractivity contribution in [2.75, 3.05) is 12.0 Å². The first-order valence-electron chi connectivity index (χ1n) is 3.76. The Labute approximate surface area is 82.5 Å². The van der Waals surface area contributed by atoms with Crippen molar-refractivity contribution >= 4 is 21.4 Å². The van der Waals surface area contributed by atoms with E-state index in [-0.39, 0.29) is 5.75 Å². The molecule has 0 unspecified atom stereocenters. The van der Waals surface area contributed by atoms with E-state index in [0.29, 0.717) is 18.2 Å². The first kappa shape index (κ1) is 10.5. The molecule has 6 heteroatoms. The van der Waals surface area contributed by atoms with E-state index in [2.05, 4.69) is 4.98 Å². The molecule has 13 heavy (non-hydrogen) atoms. The molecule has 0 amide bonds. The molecule has 74 valence electrons. The van der Waals surface area contributed by atoms with Crippen LogP contribution in [-0.2, 0) is 22.3 Å². The average molecular weight is 223 g/mol. The quantitative estimate of drug-likeness (QED) is 0.704. The van der Waals surface area contributed by atoms with Crippen molar-refractivity contribution in [2.24, 2.45) is 0 Å². The molecule has 0 saturated heterocycles. The average Bonchev–Trinajstić information content (AvgIpc) is 2.46. The van der Waals surface area contributed by atoms with Crippen LogP contribution in [0.1, 0.15) is 5.82 Å². The summed E-state index contributed by atoms with van der Waals surface area (Å²) >= 11 is 5.59. The molecule has 0 aliphatic heterocycles. The molecule has 0 aliphatic carbocycles. The zero-order valence-electron chi connectivity index (χ0n) is 7.27. The number of rotatable bonds is 4. The monoisotopic (exact) mass is 222 g/mol. The standard InChI is InChI=1S/C7H11ClN2O2S/c1-13(11,12)5-4-10-3-2-9-7(10)6-8/h2-3H,4-6H2,1H3. The highest BCUT2D eigenvalue weighted by atomic mass is 35.5. The molecule has 0 N–H and O–H groups in total. The Morgan fingerprint density at radius 2 is 2.31 bits per heavy atom. The summed E-state index contributed by atoms with van der Waals surface area (Å²) in [5, 5.41) is 0. The van der Waals surface area contributed by atoms with Gasteiger partial charge < -0.3 is 4.57 Å². The summed E-state index contributed by atoms with van der Waals surface area (Å²) < 4.78 is 23.5. The Morgan fingerprint density at radius 1 is 1.62 bits per heavy atom. The van der Waals surface area contributed by atoms with E-state index in [4.69, 9.17) is 11.6 Å². The van der Waals surface area contributed by atoms with Gasteiger partial charge in [-0.15, -0.1) is 11.6 Å². The van der Waals surface area contributed by atoms with Gasteiger partial charge in [-0.3, -0.25) is 0 Å². The highest BCUT2D eigenvalue weighted by Gasteiger charge is 2.05. The third kappa shape index (κ3) is 3.36. The molecule has 1 aromatic heterocycles. The van der Waals surface area contributed by atoms with Crippen molar-refractivity contribution in [2.45, 2.75) is 12.4 Å². The van der Waals surface area contributed by atoms with Crippen molar-refractivity contribution in [3.8, 4) is 0 Å². The van der Waals surface area contributed by atoms with E-state index in [9.17, 15) is 8.42 Å². The van der Waals surface area contributed by atoms with Crippen LogP contribution in [0.4, 0.5) is 0 Å². The van der Waals surface area contributed by atoms with E-state index in [1.165, 1.54) is 6.26 Å². The van der Waals surface area contributed by atoms with Crippen molar-refractivity contribution < 1.29 is 8.42 Å². The lowest BCUT2D eigenvalue weighted by atomic mass is 10.6. The van der Waals surface area contributed by atoms with Crippen LogP contribution in [-0.4, -0.2) is 30.0 Å². The maximum absolute atomic E-state index is 10.9. The van der Waals surface area contributed by atoms with Gasteiger partial charge in [-0.25, -0.2) is 13.4 Å². The summed E-state index contributed by atoms with van der Waals surface area (Å²) in [7, 11) is -2.92. The molecule has 1 rings (SSSR count). The Hall–Kier alpha value is -0.550. The Kier molecular flexibility index (Phi) is 3.33. The highest BCUT2D eigenvalue weighted by molar-refractivity contribution is 7.90. The minimum absolute atomic E-state index is 0.118. The number of aryl methyl sites for hydroxylation is 1. The second-order valence-electron chi connectivity index (χ2n) is 2.80. The van der Waals surface area contributed by atoms with Crippen molar-refractivity contribution in [1.29, 1.82) is 0 Å². The molecule has 1 aromatic rings. The lowest BCUT2D eigenvalue weighted by molar-refractivity contribution is 0.593. The van der Waals surface area contributed by atoms with E-state index in [1.807, 2.05) is 0 Å². The van der Waals surface area contributed by atoms with Crippen LogP contribution >= 0.6 is 11.6 Å². The van der Waals surface area contributed by atoms with Crippen LogP contribution in [0.5, 0.6) is 0 Å². The van der Waals surface area contributed by atoms with Crippen LogP contribution in [0, 0.1) is 0 Å². The van der Waals surface area contributed by atoms with Gasteiger partial charge in [0.1, 0.15) is 15.7 Å². The summed E-state index contributed by atoms with van der Waals surface area (Å²) in [6.07, 6.45) is 4.55. The van der Waals surface area contributed by atoms with E-state index in [0.717, 1.165) is 0 Å². The van der Waals surface area contributed by atoms with Gasteiger partial charge in [0.25, 0.3) is 0 Å². The fourth-order valence-corrected chi connectivity index (χ4v) is 1.69.